The average molecular weight is 482 g/mol. The van der Waals surface area contributed by atoms with E-state index in [4.69, 9.17) is 4.74 Å². The van der Waals surface area contributed by atoms with Gasteiger partial charge in [-0.3, -0.25) is 14.5 Å². The standard InChI is InChI=1S/C24H20FN3O5S/c25-22-8-4-5-16(26-22)14-27-21-10-9-19(13-20(21)23(29)24(27)30)34(31,32)28-12-11-17(28)15-33-18-6-2-1-3-7-18/h1-10,13,17H,11-12,14-15H2. The van der Waals surface area contributed by atoms with E-state index in [0.29, 0.717) is 18.7 Å². The number of hydrogen-bond acceptors (Lipinski definition) is 6. The van der Waals surface area contributed by atoms with Crippen LogP contribution >= 0.6 is 0 Å². The first-order valence-electron chi connectivity index (χ1n) is 10.7. The lowest BCUT2D eigenvalue weighted by molar-refractivity contribution is -0.114. The van der Waals surface area contributed by atoms with E-state index in [1.807, 2.05) is 18.2 Å². The van der Waals surface area contributed by atoms with E-state index in [1.165, 1.54) is 39.5 Å². The molecular formula is C24H20FN3O5S. The molecule has 2 aliphatic rings. The van der Waals surface area contributed by atoms with Gasteiger partial charge in [-0.2, -0.15) is 8.70 Å². The third-order valence-electron chi connectivity index (χ3n) is 5.92. The number of Topliss-reactive ketones (excluding diaryl/α,β-unsaturated/α-hetero) is 1. The third kappa shape index (κ3) is 3.95. The summed E-state index contributed by atoms with van der Waals surface area (Å²) in [7, 11) is -3.89. The Morgan fingerprint density at radius 1 is 1.03 bits per heavy atom. The molecule has 3 aromatic rings. The molecule has 1 unspecified atom stereocenters. The average Bonchev–Trinajstić information content (AvgIpc) is 3.03. The minimum absolute atomic E-state index is 0.0000806. The second kappa shape index (κ2) is 8.62. The zero-order valence-corrected chi connectivity index (χ0v) is 18.7. The first kappa shape index (κ1) is 22.2. The van der Waals surface area contributed by atoms with Crippen molar-refractivity contribution >= 4 is 27.4 Å². The van der Waals surface area contributed by atoms with Crippen molar-refractivity contribution in [1.82, 2.24) is 9.29 Å². The number of amides is 1. The van der Waals surface area contributed by atoms with Crippen molar-refractivity contribution in [2.75, 3.05) is 18.1 Å². The summed E-state index contributed by atoms with van der Waals surface area (Å²) < 4.78 is 47.0. The lowest BCUT2D eigenvalue weighted by atomic mass is 10.1. The molecule has 1 saturated heterocycles. The minimum Gasteiger partial charge on any atom is -0.492 e. The molecule has 34 heavy (non-hydrogen) atoms. The smallest absolute Gasteiger partial charge is 0.299 e. The Hall–Kier alpha value is -3.63. The summed E-state index contributed by atoms with van der Waals surface area (Å²) in [5.74, 6) is -1.66. The summed E-state index contributed by atoms with van der Waals surface area (Å²) in [5.41, 5.74) is 0.542. The molecule has 0 N–H and O–H groups in total. The van der Waals surface area contributed by atoms with Crippen molar-refractivity contribution in [2.45, 2.75) is 23.9 Å². The molecule has 174 valence electrons. The Morgan fingerprint density at radius 2 is 1.82 bits per heavy atom. The maximum absolute atomic E-state index is 13.4. The molecule has 1 aromatic heterocycles. The number of ether oxygens (including phenoxy) is 1. The Morgan fingerprint density at radius 3 is 2.53 bits per heavy atom. The van der Waals surface area contributed by atoms with Crippen LogP contribution in [-0.4, -0.2) is 48.6 Å². The number of anilines is 1. The fourth-order valence-electron chi connectivity index (χ4n) is 4.04. The Bertz CT molecular complexity index is 1380. The molecule has 2 aromatic carbocycles. The molecule has 0 bridgehead atoms. The van der Waals surface area contributed by atoms with Gasteiger partial charge in [-0.15, -0.1) is 0 Å². The topological polar surface area (TPSA) is 96.9 Å². The van der Waals surface area contributed by atoms with Crippen molar-refractivity contribution in [3.63, 3.8) is 0 Å². The molecule has 0 radical (unpaired) electrons. The van der Waals surface area contributed by atoms with Crippen LogP contribution in [-0.2, 0) is 21.4 Å². The molecule has 3 heterocycles. The minimum atomic E-state index is -3.89. The highest BCUT2D eigenvalue weighted by Crippen LogP contribution is 2.35. The van der Waals surface area contributed by atoms with Crippen molar-refractivity contribution < 1.29 is 27.1 Å². The molecule has 1 amide bonds. The van der Waals surface area contributed by atoms with Crippen molar-refractivity contribution in [3.8, 4) is 5.75 Å². The van der Waals surface area contributed by atoms with Crippen LogP contribution in [0.15, 0.2) is 71.6 Å². The van der Waals surface area contributed by atoms with Gasteiger partial charge < -0.3 is 4.74 Å². The van der Waals surface area contributed by atoms with Gasteiger partial charge in [-0.25, -0.2) is 13.4 Å². The SMILES string of the molecule is O=C1C(=O)N(Cc2cccc(F)n2)c2ccc(S(=O)(=O)N3CCC3COc3ccccc3)cc21. The summed E-state index contributed by atoms with van der Waals surface area (Å²) in [6.45, 7) is 0.443. The van der Waals surface area contributed by atoms with Crippen molar-refractivity contribution in [2.24, 2.45) is 0 Å². The highest BCUT2D eigenvalue weighted by molar-refractivity contribution is 7.89. The largest absolute Gasteiger partial charge is 0.492 e. The maximum atomic E-state index is 13.4. The van der Waals surface area contributed by atoms with Gasteiger partial charge >= 0.3 is 0 Å². The van der Waals surface area contributed by atoms with Gasteiger partial charge in [0, 0.05) is 6.54 Å². The highest BCUT2D eigenvalue weighted by Gasteiger charge is 2.41. The number of pyridine rings is 1. The van der Waals surface area contributed by atoms with E-state index < -0.39 is 27.7 Å². The molecule has 0 spiro atoms. The molecular weight excluding hydrogens is 461 g/mol. The number of rotatable bonds is 7. The van der Waals surface area contributed by atoms with Gasteiger partial charge in [-0.1, -0.05) is 24.3 Å². The van der Waals surface area contributed by atoms with Crippen LogP contribution in [0.5, 0.6) is 5.75 Å². The van der Waals surface area contributed by atoms with Crippen LogP contribution in [0.3, 0.4) is 0 Å². The zero-order valence-electron chi connectivity index (χ0n) is 17.9. The number of aromatic nitrogens is 1. The lowest BCUT2D eigenvalue weighted by Gasteiger charge is -2.39. The van der Waals surface area contributed by atoms with Crippen LogP contribution in [0.1, 0.15) is 22.5 Å². The van der Waals surface area contributed by atoms with E-state index in [-0.39, 0.29) is 41.0 Å². The van der Waals surface area contributed by atoms with Crippen molar-refractivity contribution in [1.29, 1.82) is 0 Å². The number of halogens is 1. The Labute approximate surface area is 195 Å². The normalized spacial score (nSPS) is 18.0. The predicted octanol–water partition coefficient (Wildman–Crippen LogP) is 2.79. The second-order valence-electron chi connectivity index (χ2n) is 8.03. The Balaban J connectivity index is 1.36. The highest BCUT2D eigenvalue weighted by atomic mass is 32.2. The van der Waals surface area contributed by atoms with Gasteiger partial charge in [0.2, 0.25) is 16.0 Å². The fraction of sp³-hybridized carbons (Fsp3) is 0.208. The summed E-state index contributed by atoms with van der Waals surface area (Å²) in [6.07, 6.45) is 0.656. The monoisotopic (exact) mass is 481 g/mol. The summed E-state index contributed by atoms with van der Waals surface area (Å²) >= 11 is 0. The summed E-state index contributed by atoms with van der Waals surface area (Å²) in [6, 6.07) is 17.0. The number of sulfonamides is 1. The number of fused-ring (bicyclic) bond motifs is 1. The van der Waals surface area contributed by atoms with Gasteiger partial charge in [0.05, 0.1) is 34.4 Å². The molecule has 5 rings (SSSR count). The number of para-hydroxylation sites is 1. The van der Waals surface area contributed by atoms with Gasteiger partial charge in [0.1, 0.15) is 12.4 Å². The summed E-state index contributed by atoms with van der Waals surface area (Å²) in [4.78, 5) is 30.0. The van der Waals surface area contributed by atoms with Gasteiger partial charge in [-0.05, 0) is 48.9 Å². The first-order chi connectivity index (χ1) is 16.3. The number of ketones is 1. The van der Waals surface area contributed by atoms with E-state index >= 15 is 0 Å². The molecule has 0 saturated carbocycles. The van der Waals surface area contributed by atoms with E-state index in [2.05, 4.69) is 4.98 Å². The van der Waals surface area contributed by atoms with Crippen LogP contribution in [0, 0.1) is 5.95 Å². The first-order valence-corrected chi connectivity index (χ1v) is 12.1. The van der Waals surface area contributed by atoms with Crippen LogP contribution < -0.4 is 9.64 Å². The van der Waals surface area contributed by atoms with Crippen LogP contribution in [0.2, 0.25) is 0 Å². The fourth-order valence-corrected chi connectivity index (χ4v) is 5.72. The maximum Gasteiger partial charge on any atom is 0.299 e. The molecule has 1 atom stereocenters. The number of benzene rings is 2. The molecule has 2 aliphatic heterocycles. The molecule has 0 aliphatic carbocycles. The zero-order chi connectivity index (χ0) is 23.9. The Kier molecular flexibility index (Phi) is 5.62. The predicted molar refractivity (Wildman–Crippen MR) is 120 cm³/mol. The van der Waals surface area contributed by atoms with Gasteiger partial charge in [0.25, 0.3) is 11.7 Å². The quantitative estimate of drug-likeness (QED) is 0.380. The van der Waals surface area contributed by atoms with E-state index in [1.54, 1.807) is 18.2 Å². The molecule has 10 heteroatoms. The third-order valence-corrected chi connectivity index (χ3v) is 7.87. The molecule has 8 nitrogen and oxygen atoms in total. The lowest BCUT2D eigenvalue weighted by Crippen LogP contribution is -2.53. The van der Waals surface area contributed by atoms with Crippen LogP contribution in [0.4, 0.5) is 10.1 Å². The second-order valence-corrected chi connectivity index (χ2v) is 9.92. The number of hydrogen-bond donors (Lipinski definition) is 0. The number of nitrogens with zero attached hydrogens (tertiary/aromatic N) is 3. The molecule has 1 fully saturated rings. The van der Waals surface area contributed by atoms with Gasteiger partial charge in [0.15, 0.2) is 0 Å². The summed E-state index contributed by atoms with van der Waals surface area (Å²) in [5, 5.41) is 0. The number of carbonyl (C=O) groups is 2. The van der Waals surface area contributed by atoms with E-state index in [9.17, 15) is 22.4 Å². The number of carbonyl (C=O) groups excluding carboxylic acids is 2. The van der Waals surface area contributed by atoms with Crippen LogP contribution in [0.25, 0.3) is 0 Å². The van der Waals surface area contributed by atoms with Crippen molar-refractivity contribution in [3.05, 3.63) is 83.9 Å². The van der Waals surface area contributed by atoms with E-state index in [0.717, 1.165) is 0 Å².